The third-order valence-electron chi connectivity index (χ3n) is 6.43. The quantitative estimate of drug-likeness (QED) is 0.847. The van der Waals surface area contributed by atoms with Gasteiger partial charge in [-0.1, -0.05) is 6.92 Å². The van der Waals surface area contributed by atoms with Crippen molar-refractivity contribution in [3.63, 3.8) is 0 Å². The fourth-order valence-electron chi connectivity index (χ4n) is 4.58. The van der Waals surface area contributed by atoms with Crippen molar-refractivity contribution >= 4 is 22.8 Å². The lowest BCUT2D eigenvalue weighted by molar-refractivity contribution is 0.132. The average molecular weight is 391 g/mol. The van der Waals surface area contributed by atoms with Gasteiger partial charge in [0.2, 0.25) is 0 Å². The first kappa shape index (κ1) is 19.1. The van der Waals surface area contributed by atoms with Gasteiger partial charge in [0.15, 0.2) is 0 Å². The summed E-state index contributed by atoms with van der Waals surface area (Å²) in [7, 11) is 2.07. The van der Waals surface area contributed by atoms with Crippen molar-refractivity contribution in [1.82, 2.24) is 19.8 Å². The van der Waals surface area contributed by atoms with Crippen LogP contribution in [0.4, 0.5) is 10.5 Å². The monoisotopic (exact) mass is 391 g/mol. The number of anilines is 1. The molecule has 1 N–H and O–H groups in total. The lowest BCUT2D eigenvalue weighted by Gasteiger charge is -2.43. The van der Waals surface area contributed by atoms with Gasteiger partial charge in [0.05, 0.1) is 24.0 Å². The van der Waals surface area contributed by atoms with E-state index in [9.17, 15) is 15.3 Å². The van der Waals surface area contributed by atoms with Gasteiger partial charge in [-0.15, -0.1) is 0 Å². The van der Waals surface area contributed by atoms with Crippen LogP contribution in [0.5, 0.6) is 0 Å². The number of hydrogen-bond acceptors (Lipinski definition) is 5. The van der Waals surface area contributed by atoms with Gasteiger partial charge in [0, 0.05) is 62.7 Å². The number of likely N-dealkylation sites (N-methyl/N-ethyl adjacent to an activating group) is 1. The Balaban J connectivity index is 1.51. The summed E-state index contributed by atoms with van der Waals surface area (Å²) in [6, 6.07) is 8.50. The van der Waals surface area contributed by atoms with Gasteiger partial charge in [0.25, 0.3) is 0 Å². The van der Waals surface area contributed by atoms with Crippen LogP contribution in [-0.4, -0.2) is 65.1 Å². The molecule has 4 atom stereocenters. The van der Waals surface area contributed by atoms with E-state index in [1.54, 1.807) is 11.1 Å². The number of carbonyl (C=O) groups is 1. The first-order valence-electron chi connectivity index (χ1n) is 10.0. The van der Waals surface area contributed by atoms with Crippen LogP contribution in [-0.2, 0) is 0 Å². The summed E-state index contributed by atoms with van der Waals surface area (Å²) in [6.45, 7) is 4.23. The van der Waals surface area contributed by atoms with Crippen LogP contribution in [0.15, 0.2) is 24.5 Å². The molecule has 0 bridgehead atoms. The van der Waals surface area contributed by atoms with Crippen molar-refractivity contribution in [2.24, 2.45) is 17.8 Å². The number of likely N-dealkylation sites (tertiary alicyclic amines) is 2. The number of aromatic amines is 1. The number of H-pyrrole nitrogens is 1. The van der Waals surface area contributed by atoms with Crippen molar-refractivity contribution in [3.05, 3.63) is 24.5 Å². The number of nitriles is 2. The molecular formula is C21H25N7O. The normalized spacial score (nSPS) is 26.9. The summed E-state index contributed by atoms with van der Waals surface area (Å²) >= 11 is 0. The molecule has 4 unspecified atom stereocenters. The maximum absolute atomic E-state index is 13.1. The van der Waals surface area contributed by atoms with E-state index in [1.165, 1.54) is 0 Å². The van der Waals surface area contributed by atoms with Gasteiger partial charge >= 0.3 is 6.03 Å². The Bertz CT molecular complexity index is 965. The molecular weight excluding hydrogens is 366 g/mol. The van der Waals surface area contributed by atoms with Gasteiger partial charge < -0.3 is 19.7 Å². The lowest BCUT2D eigenvalue weighted by atomic mass is 9.92. The van der Waals surface area contributed by atoms with Crippen molar-refractivity contribution in [1.29, 1.82) is 10.5 Å². The highest BCUT2D eigenvalue weighted by Crippen LogP contribution is 2.31. The Morgan fingerprint density at radius 3 is 2.62 bits per heavy atom. The van der Waals surface area contributed by atoms with E-state index in [1.807, 2.05) is 23.2 Å². The molecule has 2 aliphatic rings. The van der Waals surface area contributed by atoms with Crippen LogP contribution < -0.4 is 4.90 Å². The molecule has 4 rings (SSSR count). The molecule has 29 heavy (non-hydrogen) atoms. The minimum atomic E-state index is -0.398. The Kier molecular flexibility index (Phi) is 5.02. The van der Waals surface area contributed by atoms with Crippen molar-refractivity contribution in [3.8, 4) is 12.1 Å². The molecule has 0 aromatic carbocycles. The topological polar surface area (TPSA) is 103 Å². The predicted octanol–water partition coefficient (Wildman–Crippen LogP) is 2.42. The second kappa shape index (κ2) is 7.63. The molecule has 2 aromatic heterocycles. The maximum atomic E-state index is 13.1. The Morgan fingerprint density at radius 1 is 1.21 bits per heavy atom. The maximum Gasteiger partial charge on any atom is 0.320 e. The first-order valence-corrected chi connectivity index (χ1v) is 10.0. The van der Waals surface area contributed by atoms with Crippen LogP contribution in [0.2, 0.25) is 0 Å². The van der Waals surface area contributed by atoms with E-state index in [0.29, 0.717) is 32.1 Å². The van der Waals surface area contributed by atoms with Gasteiger partial charge in [-0.25, -0.2) is 9.78 Å². The molecule has 0 radical (unpaired) electrons. The van der Waals surface area contributed by atoms with Gasteiger partial charge in [0.1, 0.15) is 5.65 Å². The SMILES string of the molecule is CC1CCN(C(=O)N2CC(C#N)C(C#N)C2)CC1N(C)c1ccnc2[nH]ccc12. The second-order valence-electron chi connectivity index (χ2n) is 8.12. The Labute approximate surface area is 170 Å². The molecule has 4 heterocycles. The van der Waals surface area contributed by atoms with Gasteiger partial charge in [-0.2, -0.15) is 10.5 Å². The Morgan fingerprint density at radius 2 is 1.93 bits per heavy atom. The number of rotatable bonds is 2. The molecule has 2 saturated heterocycles. The van der Waals surface area contributed by atoms with E-state index >= 15 is 0 Å². The molecule has 2 aliphatic heterocycles. The second-order valence-corrected chi connectivity index (χ2v) is 8.12. The van der Waals surface area contributed by atoms with E-state index in [-0.39, 0.29) is 12.1 Å². The number of pyridine rings is 1. The predicted molar refractivity (Wildman–Crippen MR) is 109 cm³/mol. The number of nitrogens with one attached hydrogen (secondary N) is 1. The first-order chi connectivity index (χ1) is 14.0. The third kappa shape index (κ3) is 3.36. The Hall–Kier alpha value is -3.26. The van der Waals surface area contributed by atoms with E-state index in [2.05, 4.69) is 41.0 Å². The van der Waals surface area contributed by atoms with E-state index in [0.717, 1.165) is 23.1 Å². The van der Waals surface area contributed by atoms with Crippen molar-refractivity contribution in [2.75, 3.05) is 38.1 Å². The number of fused-ring (bicyclic) bond motifs is 1. The number of nitrogens with zero attached hydrogens (tertiary/aromatic N) is 6. The largest absolute Gasteiger partial charge is 0.369 e. The smallest absolute Gasteiger partial charge is 0.320 e. The summed E-state index contributed by atoms with van der Waals surface area (Å²) in [5.41, 5.74) is 1.95. The van der Waals surface area contributed by atoms with Crippen LogP contribution >= 0.6 is 0 Å². The number of carbonyl (C=O) groups excluding carboxylic acids is 1. The average Bonchev–Trinajstić information content (AvgIpc) is 3.39. The molecule has 0 aliphatic carbocycles. The van der Waals surface area contributed by atoms with Crippen LogP contribution in [0.1, 0.15) is 13.3 Å². The van der Waals surface area contributed by atoms with Crippen molar-refractivity contribution in [2.45, 2.75) is 19.4 Å². The number of hydrogen-bond donors (Lipinski definition) is 1. The zero-order chi connectivity index (χ0) is 20.5. The molecule has 150 valence electrons. The highest BCUT2D eigenvalue weighted by Gasteiger charge is 2.39. The molecule has 2 aromatic rings. The van der Waals surface area contributed by atoms with E-state index < -0.39 is 11.8 Å². The van der Waals surface area contributed by atoms with Crippen LogP contribution in [0.3, 0.4) is 0 Å². The highest BCUT2D eigenvalue weighted by atomic mass is 16.2. The molecule has 0 saturated carbocycles. The van der Waals surface area contributed by atoms with Crippen LogP contribution in [0, 0.1) is 40.4 Å². The number of amides is 2. The van der Waals surface area contributed by atoms with Crippen LogP contribution in [0.25, 0.3) is 11.0 Å². The van der Waals surface area contributed by atoms with E-state index in [4.69, 9.17) is 0 Å². The number of piperidine rings is 1. The number of aromatic nitrogens is 2. The standard InChI is InChI=1S/C21H25N7O/c1-14-5-8-27(21(29)28-11-15(9-22)16(10-23)12-28)13-19(14)26(2)18-4-7-25-20-17(18)3-6-24-20/h3-4,6-7,14-16,19H,5,8,11-13H2,1-2H3,(H,24,25). The van der Waals surface area contributed by atoms with Gasteiger partial charge in [-0.05, 0) is 24.5 Å². The molecule has 2 amide bonds. The lowest BCUT2D eigenvalue weighted by Crippen LogP contribution is -2.55. The summed E-state index contributed by atoms with van der Waals surface area (Å²) in [6.07, 6.45) is 4.61. The minimum Gasteiger partial charge on any atom is -0.369 e. The molecule has 2 fully saturated rings. The summed E-state index contributed by atoms with van der Waals surface area (Å²) in [4.78, 5) is 26.4. The van der Waals surface area contributed by atoms with Gasteiger partial charge in [-0.3, -0.25) is 0 Å². The fourth-order valence-corrected chi connectivity index (χ4v) is 4.58. The molecule has 0 spiro atoms. The number of urea groups is 1. The summed E-state index contributed by atoms with van der Waals surface area (Å²) in [5, 5.41) is 19.6. The summed E-state index contributed by atoms with van der Waals surface area (Å²) < 4.78 is 0. The van der Waals surface area contributed by atoms with Crippen molar-refractivity contribution < 1.29 is 4.79 Å². The summed E-state index contributed by atoms with van der Waals surface area (Å²) in [5.74, 6) is -0.363. The molecule has 8 heteroatoms. The highest BCUT2D eigenvalue weighted by molar-refractivity contribution is 5.89. The third-order valence-corrected chi connectivity index (χ3v) is 6.43. The fraction of sp³-hybridized carbons (Fsp3) is 0.524. The zero-order valence-corrected chi connectivity index (χ0v) is 16.7. The zero-order valence-electron chi connectivity index (χ0n) is 16.7. The molecule has 8 nitrogen and oxygen atoms in total. The minimum absolute atomic E-state index is 0.0604.